The summed E-state index contributed by atoms with van der Waals surface area (Å²) in [5, 5.41) is 0. The molecule has 2 saturated heterocycles. The van der Waals surface area contributed by atoms with Gasteiger partial charge in [0.05, 0.1) is 0 Å². The van der Waals surface area contributed by atoms with Crippen LogP contribution < -0.4 is 5.73 Å². The highest BCUT2D eigenvalue weighted by molar-refractivity contribution is 5.72. The van der Waals surface area contributed by atoms with Crippen LogP contribution in [0.25, 0.3) is 0 Å². The summed E-state index contributed by atoms with van der Waals surface area (Å²) in [6.45, 7) is 4.12. The predicted molar refractivity (Wildman–Crippen MR) is 59.6 cm³/mol. The molecule has 0 aromatic heterocycles. The van der Waals surface area contributed by atoms with E-state index >= 15 is 0 Å². The van der Waals surface area contributed by atoms with Gasteiger partial charge in [-0.25, -0.2) is 4.79 Å². The molecule has 15 heavy (non-hydrogen) atoms. The Bertz CT molecular complexity index is 246. The molecule has 2 aliphatic heterocycles. The minimum Gasteiger partial charge on any atom is -0.351 e. The van der Waals surface area contributed by atoms with Gasteiger partial charge in [-0.15, -0.1) is 0 Å². The summed E-state index contributed by atoms with van der Waals surface area (Å²) in [6.07, 6.45) is 4.87. The van der Waals surface area contributed by atoms with Crippen LogP contribution in [0.5, 0.6) is 0 Å². The van der Waals surface area contributed by atoms with E-state index in [1.165, 1.54) is 25.9 Å². The molecule has 2 fully saturated rings. The summed E-state index contributed by atoms with van der Waals surface area (Å²) in [5.74, 6) is 0. The van der Waals surface area contributed by atoms with E-state index in [0.29, 0.717) is 5.41 Å². The Morgan fingerprint density at radius 2 is 1.87 bits per heavy atom. The lowest BCUT2D eigenvalue weighted by Gasteiger charge is -2.46. The Hall–Kier alpha value is -0.770. The lowest BCUT2D eigenvalue weighted by atomic mass is 9.72. The topological polar surface area (TPSA) is 49.6 Å². The minimum atomic E-state index is -0.256. The van der Waals surface area contributed by atoms with Gasteiger partial charge in [-0.05, 0) is 44.7 Å². The van der Waals surface area contributed by atoms with Crippen LogP contribution in [0.1, 0.15) is 25.7 Å². The molecular weight excluding hydrogens is 190 g/mol. The standard InChI is InChI=1S/C11H21N3O/c1-13-6-2-3-11(9-13)4-7-14(8-5-11)10(12)15/h2-9H2,1H3,(H2,12,15). The molecule has 4 heteroatoms. The molecule has 0 aromatic carbocycles. The van der Waals surface area contributed by atoms with Crippen LogP contribution in [-0.2, 0) is 0 Å². The highest BCUT2D eigenvalue weighted by Crippen LogP contribution is 2.39. The van der Waals surface area contributed by atoms with Crippen LogP contribution in [0.15, 0.2) is 0 Å². The fourth-order valence-electron chi connectivity index (χ4n) is 3.06. The van der Waals surface area contributed by atoms with Crippen molar-refractivity contribution in [2.75, 3.05) is 33.2 Å². The van der Waals surface area contributed by atoms with Crippen molar-refractivity contribution >= 4 is 6.03 Å². The maximum Gasteiger partial charge on any atom is 0.314 e. The number of amides is 2. The number of likely N-dealkylation sites (tertiary alicyclic amines) is 2. The number of primary amides is 1. The fraction of sp³-hybridized carbons (Fsp3) is 0.909. The molecule has 2 aliphatic rings. The van der Waals surface area contributed by atoms with Crippen LogP contribution in [0.4, 0.5) is 4.79 Å². The first-order valence-electron chi connectivity index (χ1n) is 5.84. The van der Waals surface area contributed by atoms with Crippen molar-refractivity contribution in [3.63, 3.8) is 0 Å². The molecule has 2 rings (SSSR count). The van der Waals surface area contributed by atoms with E-state index in [0.717, 1.165) is 25.9 Å². The number of rotatable bonds is 0. The van der Waals surface area contributed by atoms with Gasteiger partial charge in [0.15, 0.2) is 0 Å². The molecule has 86 valence electrons. The zero-order valence-corrected chi connectivity index (χ0v) is 9.54. The molecule has 0 saturated carbocycles. The molecule has 0 aliphatic carbocycles. The number of hydrogen-bond acceptors (Lipinski definition) is 2. The molecule has 0 atom stereocenters. The van der Waals surface area contributed by atoms with Crippen LogP contribution in [-0.4, -0.2) is 49.1 Å². The monoisotopic (exact) mass is 211 g/mol. The van der Waals surface area contributed by atoms with E-state index in [4.69, 9.17) is 5.73 Å². The van der Waals surface area contributed by atoms with Gasteiger partial charge in [0.2, 0.25) is 0 Å². The van der Waals surface area contributed by atoms with Crippen molar-refractivity contribution in [2.45, 2.75) is 25.7 Å². The third-order valence-electron chi connectivity index (χ3n) is 3.99. The zero-order chi connectivity index (χ0) is 10.9. The number of urea groups is 1. The summed E-state index contributed by atoms with van der Waals surface area (Å²) in [7, 11) is 2.20. The van der Waals surface area contributed by atoms with Crippen LogP contribution in [0.3, 0.4) is 0 Å². The van der Waals surface area contributed by atoms with Gasteiger partial charge in [-0.3, -0.25) is 0 Å². The molecule has 4 nitrogen and oxygen atoms in total. The Labute approximate surface area is 91.4 Å². The third kappa shape index (κ3) is 2.25. The Kier molecular flexibility index (Phi) is 2.87. The first-order valence-corrected chi connectivity index (χ1v) is 5.84. The molecule has 2 N–H and O–H groups in total. The van der Waals surface area contributed by atoms with Crippen LogP contribution in [0.2, 0.25) is 0 Å². The molecule has 2 amide bonds. The Morgan fingerprint density at radius 1 is 1.20 bits per heavy atom. The zero-order valence-electron chi connectivity index (χ0n) is 9.54. The largest absolute Gasteiger partial charge is 0.351 e. The molecule has 2 heterocycles. The van der Waals surface area contributed by atoms with Crippen molar-refractivity contribution in [3.05, 3.63) is 0 Å². The lowest BCUT2D eigenvalue weighted by Crippen LogP contribution is -2.50. The second-order valence-electron chi connectivity index (χ2n) is 5.17. The number of hydrogen-bond donors (Lipinski definition) is 1. The molecule has 0 radical (unpaired) electrons. The molecule has 0 bridgehead atoms. The van der Waals surface area contributed by atoms with E-state index in [1.807, 2.05) is 0 Å². The SMILES string of the molecule is CN1CCCC2(CCN(C(N)=O)CC2)C1. The maximum absolute atomic E-state index is 11.0. The van der Waals surface area contributed by atoms with Gasteiger partial charge < -0.3 is 15.5 Å². The summed E-state index contributed by atoms with van der Waals surface area (Å²) in [5.41, 5.74) is 5.76. The summed E-state index contributed by atoms with van der Waals surface area (Å²) in [6, 6.07) is -0.256. The fourth-order valence-corrected chi connectivity index (χ4v) is 3.06. The van der Waals surface area contributed by atoms with Gasteiger partial charge in [0.25, 0.3) is 0 Å². The van der Waals surface area contributed by atoms with Crippen molar-refractivity contribution in [1.82, 2.24) is 9.80 Å². The average Bonchev–Trinajstić information content (AvgIpc) is 2.18. The van der Waals surface area contributed by atoms with Crippen LogP contribution in [0, 0.1) is 5.41 Å². The van der Waals surface area contributed by atoms with Gasteiger partial charge in [0.1, 0.15) is 0 Å². The number of carbonyl (C=O) groups excluding carboxylic acids is 1. The minimum absolute atomic E-state index is 0.256. The van der Waals surface area contributed by atoms with Gasteiger partial charge in [-0.2, -0.15) is 0 Å². The van der Waals surface area contributed by atoms with Gasteiger partial charge in [-0.1, -0.05) is 0 Å². The summed E-state index contributed by atoms with van der Waals surface area (Å²) >= 11 is 0. The highest BCUT2D eigenvalue weighted by Gasteiger charge is 2.37. The normalized spacial score (nSPS) is 26.9. The third-order valence-corrected chi connectivity index (χ3v) is 3.99. The van der Waals surface area contributed by atoms with E-state index in [1.54, 1.807) is 4.90 Å². The number of nitrogens with two attached hydrogens (primary N) is 1. The summed E-state index contributed by atoms with van der Waals surface area (Å²) in [4.78, 5) is 15.2. The van der Waals surface area contributed by atoms with E-state index < -0.39 is 0 Å². The van der Waals surface area contributed by atoms with E-state index in [9.17, 15) is 4.79 Å². The van der Waals surface area contributed by atoms with Crippen molar-refractivity contribution in [3.8, 4) is 0 Å². The first-order chi connectivity index (χ1) is 7.11. The molecule has 1 spiro atoms. The van der Waals surface area contributed by atoms with E-state index in [-0.39, 0.29) is 6.03 Å². The van der Waals surface area contributed by atoms with Crippen LogP contribution >= 0.6 is 0 Å². The number of piperidine rings is 2. The number of carbonyl (C=O) groups is 1. The smallest absolute Gasteiger partial charge is 0.314 e. The molecule has 0 aromatic rings. The van der Waals surface area contributed by atoms with Gasteiger partial charge in [0, 0.05) is 19.6 Å². The first kappa shape index (κ1) is 10.7. The molecule has 0 unspecified atom stereocenters. The summed E-state index contributed by atoms with van der Waals surface area (Å²) < 4.78 is 0. The van der Waals surface area contributed by atoms with E-state index in [2.05, 4.69) is 11.9 Å². The van der Waals surface area contributed by atoms with Crippen molar-refractivity contribution < 1.29 is 4.79 Å². The predicted octanol–water partition coefficient (Wildman–Crippen LogP) is 0.873. The van der Waals surface area contributed by atoms with Crippen molar-refractivity contribution in [2.24, 2.45) is 11.1 Å². The lowest BCUT2D eigenvalue weighted by molar-refractivity contribution is 0.0463. The highest BCUT2D eigenvalue weighted by atomic mass is 16.2. The molecular formula is C11H21N3O. The maximum atomic E-state index is 11.0. The van der Waals surface area contributed by atoms with Crippen molar-refractivity contribution in [1.29, 1.82) is 0 Å². The Balaban J connectivity index is 1.93. The Morgan fingerprint density at radius 3 is 2.40 bits per heavy atom. The second-order valence-corrected chi connectivity index (χ2v) is 5.17. The number of nitrogens with zero attached hydrogens (tertiary/aromatic N) is 2. The second kappa shape index (κ2) is 4.00. The quantitative estimate of drug-likeness (QED) is 0.646. The van der Waals surface area contributed by atoms with Gasteiger partial charge >= 0.3 is 6.03 Å². The average molecular weight is 211 g/mol.